The molecule has 0 radical (unpaired) electrons. The van der Waals surface area contributed by atoms with Gasteiger partial charge in [0.1, 0.15) is 13.2 Å². The Balaban J connectivity index is 4.51. The van der Waals surface area contributed by atoms with Gasteiger partial charge in [0.15, 0.2) is 6.10 Å². The van der Waals surface area contributed by atoms with Crippen LogP contribution >= 0.6 is 0 Å². The summed E-state index contributed by atoms with van der Waals surface area (Å²) >= 11 is 0. The Morgan fingerprint density at radius 1 is 0.269 bits per heavy atom. The van der Waals surface area contributed by atoms with Crippen molar-refractivity contribution in [1.29, 1.82) is 0 Å². The van der Waals surface area contributed by atoms with Gasteiger partial charge in [-0.05, 0) is 135 Å². The number of rotatable bonds is 53. The van der Waals surface area contributed by atoms with Gasteiger partial charge in [0.25, 0.3) is 0 Å². The Morgan fingerprint density at radius 2 is 0.513 bits per heavy atom. The minimum Gasteiger partial charge on any atom is -0.462 e. The van der Waals surface area contributed by atoms with Crippen LogP contribution in [-0.4, -0.2) is 37.2 Å². The highest BCUT2D eigenvalue weighted by Crippen LogP contribution is 2.13. The second-order valence-electron chi connectivity index (χ2n) is 19.5. The summed E-state index contributed by atoms with van der Waals surface area (Å²) < 4.78 is 16.8. The average Bonchev–Trinajstić information content (AvgIpc) is 3.44. The Labute approximate surface area is 478 Å². The third kappa shape index (κ3) is 61.4. The van der Waals surface area contributed by atoms with Crippen LogP contribution in [0.15, 0.2) is 182 Å². The second-order valence-corrected chi connectivity index (χ2v) is 19.5. The first-order chi connectivity index (χ1) is 38.5. The van der Waals surface area contributed by atoms with E-state index in [-0.39, 0.29) is 44.0 Å². The summed E-state index contributed by atoms with van der Waals surface area (Å²) in [5, 5.41) is 0. The SMILES string of the molecule is CC/C=C\C/C=C\C/C=C\C/C=C\C/C=C\C/C=C\C/C=C\C/C=C\CCCCC(=O)OCC(COC(=O)CCCCCCCCCCCC)OC(=O)CCC/C=C\C/C=C\C/C=C\C/C=C\C/C=C\C/C=C\C/C=C\CC. The van der Waals surface area contributed by atoms with Gasteiger partial charge in [-0.3, -0.25) is 14.4 Å². The van der Waals surface area contributed by atoms with Crippen LogP contribution in [0.2, 0.25) is 0 Å². The van der Waals surface area contributed by atoms with Crippen molar-refractivity contribution in [1.82, 2.24) is 0 Å². The van der Waals surface area contributed by atoms with Gasteiger partial charge in [-0.2, -0.15) is 0 Å². The summed E-state index contributed by atoms with van der Waals surface area (Å²) in [4.78, 5) is 38.2. The summed E-state index contributed by atoms with van der Waals surface area (Å²) in [6.07, 6.45) is 96.2. The maximum absolute atomic E-state index is 12.9. The largest absolute Gasteiger partial charge is 0.462 e. The van der Waals surface area contributed by atoms with Gasteiger partial charge in [0.2, 0.25) is 0 Å². The van der Waals surface area contributed by atoms with Crippen LogP contribution in [0.3, 0.4) is 0 Å². The summed E-state index contributed by atoms with van der Waals surface area (Å²) in [6, 6.07) is 0. The van der Waals surface area contributed by atoms with Crippen molar-refractivity contribution in [3.05, 3.63) is 182 Å². The molecule has 0 N–H and O–H groups in total. The number of allylic oxidation sites excluding steroid dienone is 30. The molecule has 0 amide bonds. The van der Waals surface area contributed by atoms with Gasteiger partial charge in [0.05, 0.1) is 0 Å². The molecule has 1 atom stereocenters. The highest BCUT2D eigenvalue weighted by atomic mass is 16.6. The quantitative estimate of drug-likeness (QED) is 0.0261. The molecule has 0 aliphatic carbocycles. The van der Waals surface area contributed by atoms with Gasteiger partial charge >= 0.3 is 17.9 Å². The fourth-order valence-corrected chi connectivity index (χ4v) is 7.62. The number of ether oxygens (including phenoxy) is 3. The molecule has 434 valence electrons. The first kappa shape index (κ1) is 72.5. The molecule has 0 saturated carbocycles. The lowest BCUT2D eigenvalue weighted by atomic mass is 10.1. The summed E-state index contributed by atoms with van der Waals surface area (Å²) in [5.74, 6) is -1.04. The molecule has 0 heterocycles. The molecule has 0 fully saturated rings. The molecule has 6 heteroatoms. The standard InChI is InChI=1S/C72H110O6/c1-4-7-10-13-16-19-22-24-26-28-30-32-34-35-36-37-39-40-42-44-46-48-50-53-56-59-62-65-71(74)77-68-69(67-76-70(73)64-61-58-55-52-21-18-15-12-9-6-3)78-72(75)66-63-60-57-54-51-49-47-45-43-41-38-33-31-29-27-25-23-20-17-14-11-8-5-2/h7-8,10-11,16-17,19-20,24-27,30-33,35-36,39-41,43-44,46-47,49-50,53-54,57,69H,4-6,9,12-15,18,21-23,28-29,34,37-38,42,45,48,51-52,55-56,58-68H2,1-3H3/b10-7-,11-8-,19-16-,20-17-,26-24-,27-25-,32-30-,33-31-,36-35-,40-39-,43-41-,46-44-,49-47-,53-50-,57-54-. The average molecular weight is 1070 g/mol. The lowest BCUT2D eigenvalue weighted by Crippen LogP contribution is -2.30. The van der Waals surface area contributed by atoms with E-state index in [1.165, 1.54) is 44.9 Å². The molecule has 0 bridgehead atoms. The topological polar surface area (TPSA) is 78.9 Å². The maximum Gasteiger partial charge on any atom is 0.306 e. The Bertz CT molecular complexity index is 1850. The third-order valence-corrected chi connectivity index (χ3v) is 12.2. The number of unbranched alkanes of at least 4 members (excludes halogenated alkanes) is 12. The molecule has 0 aromatic rings. The van der Waals surface area contributed by atoms with E-state index in [0.717, 1.165) is 135 Å². The molecule has 0 spiro atoms. The maximum atomic E-state index is 12.9. The fourth-order valence-electron chi connectivity index (χ4n) is 7.62. The van der Waals surface area contributed by atoms with Crippen LogP contribution in [0.5, 0.6) is 0 Å². The molecule has 0 aliphatic rings. The van der Waals surface area contributed by atoms with Crippen LogP contribution in [0, 0.1) is 0 Å². The highest BCUT2D eigenvalue weighted by Gasteiger charge is 2.19. The first-order valence-corrected chi connectivity index (χ1v) is 30.8. The molecule has 0 saturated heterocycles. The van der Waals surface area contributed by atoms with Crippen molar-refractivity contribution in [2.24, 2.45) is 0 Å². The minimum absolute atomic E-state index is 0.123. The molecule has 1 unspecified atom stereocenters. The van der Waals surface area contributed by atoms with E-state index >= 15 is 0 Å². The predicted molar refractivity (Wildman–Crippen MR) is 338 cm³/mol. The van der Waals surface area contributed by atoms with E-state index in [1.54, 1.807) is 0 Å². The summed E-state index contributed by atoms with van der Waals surface area (Å²) in [6.45, 7) is 6.30. The van der Waals surface area contributed by atoms with Gasteiger partial charge < -0.3 is 14.2 Å². The van der Waals surface area contributed by atoms with Crippen LogP contribution in [0.4, 0.5) is 0 Å². The van der Waals surface area contributed by atoms with Crippen molar-refractivity contribution >= 4 is 17.9 Å². The van der Waals surface area contributed by atoms with Crippen molar-refractivity contribution in [3.63, 3.8) is 0 Å². The summed E-state index contributed by atoms with van der Waals surface area (Å²) in [5.41, 5.74) is 0. The zero-order valence-corrected chi connectivity index (χ0v) is 49.6. The third-order valence-electron chi connectivity index (χ3n) is 12.2. The van der Waals surface area contributed by atoms with Crippen LogP contribution < -0.4 is 0 Å². The molecular formula is C72H110O6. The number of hydrogen-bond acceptors (Lipinski definition) is 6. The molecule has 0 rings (SSSR count). The fraction of sp³-hybridized carbons (Fsp3) is 0.542. The molecular weight excluding hydrogens is 961 g/mol. The Hall–Kier alpha value is -5.49. The molecule has 0 aliphatic heterocycles. The predicted octanol–water partition coefficient (Wildman–Crippen LogP) is 21.3. The van der Waals surface area contributed by atoms with Crippen molar-refractivity contribution in [3.8, 4) is 0 Å². The van der Waals surface area contributed by atoms with Gasteiger partial charge in [-0.25, -0.2) is 0 Å². The Kier molecular flexibility index (Phi) is 59.5. The number of hydrogen-bond donors (Lipinski definition) is 0. The Morgan fingerprint density at radius 3 is 0.821 bits per heavy atom. The normalized spacial score (nSPS) is 13.4. The molecule has 6 nitrogen and oxygen atoms in total. The van der Waals surface area contributed by atoms with Crippen molar-refractivity contribution in [2.75, 3.05) is 13.2 Å². The minimum atomic E-state index is -0.836. The lowest BCUT2D eigenvalue weighted by Gasteiger charge is -2.18. The number of carbonyl (C=O) groups is 3. The van der Waals surface area contributed by atoms with E-state index in [1.807, 2.05) is 0 Å². The number of carbonyl (C=O) groups excluding carboxylic acids is 3. The van der Waals surface area contributed by atoms with E-state index < -0.39 is 6.10 Å². The van der Waals surface area contributed by atoms with E-state index in [0.29, 0.717) is 19.3 Å². The van der Waals surface area contributed by atoms with Crippen molar-refractivity contribution < 1.29 is 28.6 Å². The van der Waals surface area contributed by atoms with Crippen LogP contribution in [0.1, 0.15) is 233 Å². The molecule has 0 aromatic carbocycles. The van der Waals surface area contributed by atoms with Gasteiger partial charge in [-0.1, -0.05) is 261 Å². The van der Waals surface area contributed by atoms with Crippen molar-refractivity contribution in [2.45, 2.75) is 239 Å². The lowest BCUT2D eigenvalue weighted by molar-refractivity contribution is -0.167. The molecule has 78 heavy (non-hydrogen) atoms. The zero-order valence-electron chi connectivity index (χ0n) is 49.6. The molecule has 0 aromatic heterocycles. The van der Waals surface area contributed by atoms with E-state index in [4.69, 9.17) is 14.2 Å². The second kappa shape index (κ2) is 64.0. The van der Waals surface area contributed by atoms with Crippen LogP contribution in [0.25, 0.3) is 0 Å². The first-order valence-electron chi connectivity index (χ1n) is 30.8. The monoisotopic (exact) mass is 1070 g/mol. The van der Waals surface area contributed by atoms with E-state index in [9.17, 15) is 14.4 Å². The zero-order chi connectivity index (χ0) is 56.4. The van der Waals surface area contributed by atoms with Gasteiger partial charge in [-0.15, -0.1) is 0 Å². The van der Waals surface area contributed by atoms with Crippen LogP contribution in [-0.2, 0) is 28.6 Å². The number of esters is 3. The highest BCUT2D eigenvalue weighted by molar-refractivity contribution is 5.71. The smallest absolute Gasteiger partial charge is 0.306 e. The van der Waals surface area contributed by atoms with Gasteiger partial charge in [0, 0.05) is 19.3 Å². The summed E-state index contributed by atoms with van der Waals surface area (Å²) in [7, 11) is 0. The van der Waals surface area contributed by atoms with E-state index in [2.05, 4.69) is 203 Å².